The number of halogens is 1. The first-order valence-corrected chi connectivity index (χ1v) is 6.43. The maximum Gasteiger partial charge on any atom is 0.328 e. The predicted molar refractivity (Wildman–Crippen MR) is 70.3 cm³/mol. The van der Waals surface area contributed by atoms with E-state index in [1.807, 2.05) is 6.20 Å². The van der Waals surface area contributed by atoms with Crippen molar-refractivity contribution in [3.8, 4) is 0 Å². The number of nitrogens with two attached hydrogens (primary N) is 1. The number of imidazole rings is 1. The van der Waals surface area contributed by atoms with Crippen LogP contribution in [0.2, 0.25) is 0 Å². The molecular formula is C14H16FN3O. The summed E-state index contributed by atoms with van der Waals surface area (Å²) in [5.74, 6) is -0.284. The summed E-state index contributed by atoms with van der Waals surface area (Å²) >= 11 is 0. The Bertz CT molecular complexity index is 625. The average Bonchev–Trinajstić information content (AvgIpc) is 3.17. The average molecular weight is 261 g/mol. The highest BCUT2D eigenvalue weighted by Gasteiger charge is 2.25. The molecule has 1 aromatic carbocycles. The van der Waals surface area contributed by atoms with E-state index >= 15 is 0 Å². The lowest BCUT2D eigenvalue weighted by Crippen LogP contribution is -2.28. The quantitative estimate of drug-likeness (QED) is 0.912. The molecule has 0 bridgehead atoms. The summed E-state index contributed by atoms with van der Waals surface area (Å²) in [6.07, 6.45) is 5.74. The van der Waals surface area contributed by atoms with E-state index in [0.717, 1.165) is 18.4 Å². The Balaban J connectivity index is 1.77. The van der Waals surface area contributed by atoms with Gasteiger partial charge in [0, 0.05) is 31.0 Å². The van der Waals surface area contributed by atoms with Crippen LogP contribution >= 0.6 is 0 Å². The van der Waals surface area contributed by atoms with Gasteiger partial charge in [-0.3, -0.25) is 9.13 Å². The second-order valence-electron chi connectivity index (χ2n) is 5.03. The molecule has 0 aliphatic heterocycles. The van der Waals surface area contributed by atoms with E-state index in [4.69, 9.17) is 5.73 Å². The van der Waals surface area contributed by atoms with E-state index in [0.29, 0.717) is 12.6 Å². The third-order valence-corrected chi connectivity index (χ3v) is 3.51. The summed E-state index contributed by atoms with van der Waals surface area (Å²) in [5, 5.41) is 0. The van der Waals surface area contributed by atoms with Crippen molar-refractivity contribution in [3.63, 3.8) is 0 Å². The predicted octanol–water partition coefficient (Wildman–Crippen LogP) is 1.82. The van der Waals surface area contributed by atoms with Crippen LogP contribution in [0.1, 0.15) is 30.5 Å². The molecule has 2 aromatic rings. The fourth-order valence-electron chi connectivity index (χ4n) is 2.22. The summed E-state index contributed by atoms with van der Waals surface area (Å²) in [4.78, 5) is 12.1. The lowest BCUT2D eigenvalue weighted by molar-refractivity contribution is 0.544. The summed E-state index contributed by atoms with van der Waals surface area (Å²) in [6, 6.07) is 6.14. The first kappa shape index (κ1) is 12.2. The van der Waals surface area contributed by atoms with Crippen molar-refractivity contribution in [1.82, 2.24) is 9.13 Å². The van der Waals surface area contributed by atoms with Gasteiger partial charge in [-0.15, -0.1) is 0 Å². The van der Waals surface area contributed by atoms with Crippen LogP contribution in [0.3, 0.4) is 0 Å². The minimum atomic E-state index is -0.312. The molecule has 3 rings (SSSR count). The van der Waals surface area contributed by atoms with E-state index in [1.54, 1.807) is 27.5 Å². The monoisotopic (exact) mass is 261 g/mol. The molecule has 100 valence electrons. The van der Waals surface area contributed by atoms with Crippen LogP contribution in [0, 0.1) is 5.82 Å². The van der Waals surface area contributed by atoms with Gasteiger partial charge in [-0.25, -0.2) is 9.18 Å². The van der Waals surface area contributed by atoms with Crippen molar-refractivity contribution >= 4 is 0 Å². The minimum Gasteiger partial charge on any atom is -0.322 e. The Kier molecular flexibility index (Phi) is 2.98. The lowest BCUT2D eigenvalue weighted by atomic mass is 10.1. The first-order chi connectivity index (χ1) is 9.15. The molecular weight excluding hydrogens is 245 g/mol. The second-order valence-corrected chi connectivity index (χ2v) is 5.03. The fraction of sp³-hybridized carbons (Fsp3) is 0.357. The van der Waals surface area contributed by atoms with Crippen molar-refractivity contribution < 1.29 is 4.39 Å². The molecule has 1 atom stereocenters. The molecule has 0 saturated heterocycles. The van der Waals surface area contributed by atoms with Crippen LogP contribution in [0.4, 0.5) is 4.39 Å². The zero-order chi connectivity index (χ0) is 13.4. The van der Waals surface area contributed by atoms with Crippen LogP contribution in [0.5, 0.6) is 0 Å². The van der Waals surface area contributed by atoms with E-state index in [2.05, 4.69) is 0 Å². The molecule has 1 unspecified atom stereocenters. The number of hydrogen-bond donors (Lipinski definition) is 1. The van der Waals surface area contributed by atoms with Crippen LogP contribution in [0.15, 0.2) is 41.5 Å². The Morgan fingerprint density at radius 3 is 2.58 bits per heavy atom. The van der Waals surface area contributed by atoms with Gasteiger partial charge in [-0.2, -0.15) is 0 Å². The number of hydrogen-bond acceptors (Lipinski definition) is 2. The van der Waals surface area contributed by atoms with Crippen molar-refractivity contribution in [2.24, 2.45) is 5.73 Å². The Morgan fingerprint density at radius 1 is 1.26 bits per heavy atom. The molecule has 1 heterocycles. The second kappa shape index (κ2) is 4.66. The number of nitrogens with zero attached hydrogens (tertiary/aromatic N) is 2. The topological polar surface area (TPSA) is 52.9 Å². The maximum absolute atomic E-state index is 12.8. The smallest absolute Gasteiger partial charge is 0.322 e. The normalized spacial score (nSPS) is 16.5. The van der Waals surface area contributed by atoms with Gasteiger partial charge < -0.3 is 5.73 Å². The highest BCUT2D eigenvalue weighted by atomic mass is 19.1. The van der Waals surface area contributed by atoms with E-state index in [-0.39, 0.29) is 17.5 Å². The van der Waals surface area contributed by atoms with Crippen LogP contribution < -0.4 is 11.4 Å². The largest absolute Gasteiger partial charge is 0.328 e. The molecule has 1 aliphatic carbocycles. The third-order valence-electron chi connectivity index (χ3n) is 3.51. The van der Waals surface area contributed by atoms with Gasteiger partial charge in [0.15, 0.2) is 0 Å². The number of rotatable bonds is 4. The standard InChI is InChI=1S/C14H16FN3O/c15-11-3-1-10(2-4-11)13(16)9-17-7-8-18(14(17)19)12-5-6-12/h1-4,7-8,12-13H,5-6,9,16H2. The molecule has 1 aliphatic rings. The van der Waals surface area contributed by atoms with Gasteiger partial charge in [0.2, 0.25) is 0 Å². The SMILES string of the molecule is NC(Cn1ccn(C2CC2)c1=O)c1ccc(F)cc1. The molecule has 1 aromatic heterocycles. The van der Waals surface area contributed by atoms with Gasteiger partial charge in [0.05, 0.1) is 0 Å². The zero-order valence-electron chi connectivity index (χ0n) is 10.5. The van der Waals surface area contributed by atoms with Gasteiger partial charge in [-0.1, -0.05) is 12.1 Å². The third kappa shape index (κ3) is 2.46. The molecule has 2 N–H and O–H groups in total. The van der Waals surface area contributed by atoms with E-state index in [1.165, 1.54) is 12.1 Å². The number of aromatic nitrogens is 2. The van der Waals surface area contributed by atoms with Gasteiger partial charge in [-0.05, 0) is 30.5 Å². The highest BCUT2D eigenvalue weighted by Crippen LogP contribution is 2.33. The Morgan fingerprint density at radius 2 is 1.95 bits per heavy atom. The summed E-state index contributed by atoms with van der Waals surface area (Å²) in [7, 11) is 0. The van der Waals surface area contributed by atoms with E-state index < -0.39 is 0 Å². The maximum atomic E-state index is 12.8. The molecule has 0 radical (unpaired) electrons. The van der Waals surface area contributed by atoms with Crippen molar-refractivity contribution in [1.29, 1.82) is 0 Å². The summed E-state index contributed by atoms with van der Waals surface area (Å²) in [5.41, 5.74) is 6.87. The van der Waals surface area contributed by atoms with Crippen LogP contribution in [-0.4, -0.2) is 9.13 Å². The Hall–Kier alpha value is -1.88. The summed E-state index contributed by atoms with van der Waals surface area (Å²) in [6.45, 7) is 0.407. The van der Waals surface area contributed by atoms with Crippen molar-refractivity contribution in [2.75, 3.05) is 0 Å². The fourth-order valence-corrected chi connectivity index (χ4v) is 2.22. The van der Waals surface area contributed by atoms with Gasteiger partial charge >= 0.3 is 5.69 Å². The molecule has 19 heavy (non-hydrogen) atoms. The summed E-state index contributed by atoms with van der Waals surface area (Å²) < 4.78 is 16.2. The molecule has 1 fully saturated rings. The zero-order valence-corrected chi connectivity index (χ0v) is 10.5. The molecule has 1 saturated carbocycles. The first-order valence-electron chi connectivity index (χ1n) is 6.43. The molecule has 0 amide bonds. The van der Waals surface area contributed by atoms with Crippen molar-refractivity contribution in [2.45, 2.75) is 31.5 Å². The van der Waals surface area contributed by atoms with Gasteiger partial charge in [0.25, 0.3) is 0 Å². The Labute approximate surface area is 110 Å². The number of benzene rings is 1. The minimum absolute atomic E-state index is 0.0138. The van der Waals surface area contributed by atoms with E-state index in [9.17, 15) is 9.18 Å². The highest BCUT2D eigenvalue weighted by molar-refractivity contribution is 5.19. The van der Waals surface area contributed by atoms with Crippen LogP contribution in [-0.2, 0) is 6.54 Å². The lowest BCUT2D eigenvalue weighted by Gasteiger charge is -2.12. The van der Waals surface area contributed by atoms with Gasteiger partial charge in [0.1, 0.15) is 5.82 Å². The molecule has 4 nitrogen and oxygen atoms in total. The molecule has 0 spiro atoms. The van der Waals surface area contributed by atoms with Crippen LogP contribution in [0.25, 0.3) is 0 Å². The van der Waals surface area contributed by atoms with Crippen molar-refractivity contribution in [3.05, 3.63) is 58.5 Å². The molecule has 5 heteroatoms.